The van der Waals surface area contributed by atoms with Crippen LogP contribution in [0.3, 0.4) is 0 Å². The van der Waals surface area contributed by atoms with Crippen LogP contribution in [0, 0.1) is 18.5 Å². The Kier molecular flexibility index (Phi) is 78.8. The zero-order valence-electron chi connectivity index (χ0n) is 34.1. The number of esters is 2. The number of aliphatic hydroxyl groups is 2. The fourth-order valence-corrected chi connectivity index (χ4v) is 6.44. The number of aliphatic hydroxyl groups excluding tert-OH is 2. The van der Waals surface area contributed by atoms with Crippen molar-refractivity contribution in [1.29, 1.82) is 0 Å². The fraction of sp³-hybridized carbons (Fsp3) is 0.778. The average molecular weight is 1230 g/mol. The smallest absolute Gasteiger partial charge is 0.467 e. The molecule has 2 atom stereocenters. The van der Waals surface area contributed by atoms with Crippen LogP contribution in [-0.2, 0) is 84.6 Å². The van der Waals surface area contributed by atoms with Crippen molar-refractivity contribution in [3.05, 3.63) is 27.9 Å². The molecule has 17 nitrogen and oxygen atoms in total. The third-order valence-corrected chi connectivity index (χ3v) is 12.4. The molecule has 1 fully saturated rings. The summed E-state index contributed by atoms with van der Waals surface area (Å²) >= 11 is 0. The van der Waals surface area contributed by atoms with Crippen LogP contribution in [0.5, 0.6) is 0 Å². The van der Waals surface area contributed by atoms with Crippen molar-refractivity contribution < 1.29 is 88.4 Å². The van der Waals surface area contributed by atoms with Gasteiger partial charge in [0.2, 0.25) is 11.8 Å². The molecule has 345 valence electrons. The van der Waals surface area contributed by atoms with E-state index in [-0.39, 0.29) is 92.7 Å². The van der Waals surface area contributed by atoms with Crippen molar-refractivity contribution in [2.45, 2.75) is 107 Å². The van der Waals surface area contributed by atoms with Gasteiger partial charge in [-0.1, -0.05) is 56.4 Å². The van der Waals surface area contributed by atoms with Crippen LogP contribution >= 0.6 is 15.8 Å². The van der Waals surface area contributed by atoms with Crippen LogP contribution in [0.15, 0.2) is 0 Å². The van der Waals surface area contributed by atoms with Gasteiger partial charge in [0, 0.05) is 40.9 Å². The molecule has 22 heteroatoms. The molecule has 0 aliphatic carbocycles. The maximum absolute atomic E-state index is 11.4. The predicted octanol–water partition coefficient (Wildman–Crippen LogP) is 4.84. The third kappa shape index (κ3) is 50.3. The maximum Gasteiger partial charge on any atom is 1.00 e. The molecule has 0 aromatic carbocycles. The van der Waals surface area contributed by atoms with E-state index >= 15 is 0 Å². The number of rotatable bonds is 17. The van der Waals surface area contributed by atoms with E-state index in [0.29, 0.717) is 34.4 Å². The van der Waals surface area contributed by atoms with E-state index in [9.17, 15) is 19.2 Å². The minimum absolute atomic E-state index is 0. The van der Waals surface area contributed by atoms with Crippen molar-refractivity contribution >= 4 is 48.0 Å². The summed E-state index contributed by atoms with van der Waals surface area (Å²) in [6.45, 7) is 14.7. The second-order valence-corrected chi connectivity index (χ2v) is 16.9. The summed E-state index contributed by atoms with van der Waals surface area (Å²) in [4.78, 5) is 46.0. The molecule has 58 heavy (non-hydrogen) atoms. The number of aromatic nitrogens is 3. The zero-order chi connectivity index (χ0) is 41.3. The summed E-state index contributed by atoms with van der Waals surface area (Å²) in [6, 6.07) is -2.04. The number of carbonyl (C=O) groups is 4. The molecular weight excluding hydrogens is 1160 g/mol. The average Bonchev–Trinajstić information content (AvgIpc) is 3.95. The van der Waals surface area contributed by atoms with E-state index < -0.39 is 37.2 Å². The fourth-order valence-electron chi connectivity index (χ4n) is 3.76. The van der Waals surface area contributed by atoms with Gasteiger partial charge in [-0.25, -0.2) is 9.59 Å². The monoisotopic (exact) mass is 1230 g/mol. The summed E-state index contributed by atoms with van der Waals surface area (Å²) in [5.74, 6) is 0.170. The molecule has 3 radical (unpaired) electrons. The first-order valence-electron chi connectivity index (χ1n) is 17.6. The van der Waals surface area contributed by atoms with Crippen LogP contribution in [0.2, 0.25) is 0 Å². The Hall–Kier alpha value is -1.82. The quantitative estimate of drug-likeness (QED) is 0.0206. The topological polar surface area (TPSA) is 261 Å². The predicted molar refractivity (Wildman–Crippen MR) is 230 cm³/mol. The number of methoxy groups -OCH3 is 2. The Bertz CT molecular complexity index is 1080. The van der Waals surface area contributed by atoms with Gasteiger partial charge < -0.3 is 62.5 Å². The van der Waals surface area contributed by atoms with Crippen LogP contribution < -0.4 is 10.6 Å². The molecule has 1 aromatic rings. The first-order valence-corrected chi connectivity index (χ1v) is 21.4. The van der Waals surface area contributed by atoms with Crippen molar-refractivity contribution in [3.63, 3.8) is 0 Å². The summed E-state index contributed by atoms with van der Waals surface area (Å²) < 4.78 is 13.7. The van der Waals surface area contributed by atoms with Gasteiger partial charge in [0.1, 0.15) is 0 Å². The van der Waals surface area contributed by atoms with E-state index in [4.69, 9.17) is 32.4 Å². The van der Waals surface area contributed by atoms with Gasteiger partial charge in [0.05, 0.1) is 27.4 Å². The van der Waals surface area contributed by atoms with Gasteiger partial charge in [-0.3, -0.25) is 14.5 Å². The summed E-state index contributed by atoms with van der Waals surface area (Å²) in [7, 11) is 3.25. The molecule has 2 rings (SSSR count). The van der Waals surface area contributed by atoms with E-state index in [1.165, 1.54) is 68.9 Å². The van der Waals surface area contributed by atoms with Gasteiger partial charge in [0.25, 0.3) is 0 Å². The number of amides is 2. The molecule has 1 aliphatic heterocycles. The van der Waals surface area contributed by atoms with Crippen LogP contribution in [0.1, 0.15) is 94.2 Å². The molecule has 2 amide bonds. The van der Waals surface area contributed by atoms with Crippen LogP contribution in [-0.4, -0.2) is 147 Å². The molecule has 0 saturated carbocycles. The van der Waals surface area contributed by atoms with Gasteiger partial charge >= 0.3 is 56.7 Å². The molecule has 1 saturated heterocycles. The molecule has 2 heterocycles. The summed E-state index contributed by atoms with van der Waals surface area (Å²) in [5.41, 5.74) is 14.1. The minimum atomic E-state index is -1.03. The Morgan fingerprint density at radius 2 is 1.21 bits per heavy atom. The Morgan fingerprint density at radius 1 is 0.845 bits per heavy atom. The number of hydrogen-bond acceptors (Lipinski definition) is 11. The molecule has 0 spiro atoms. The SMILES string of the molecule is C.C.C#CCCC(=O)N[C@H](CO)C(=O)OC.C1CCOC1.CCP(CC)CC.CCP(CC)CC.COC(=O)[C@@H](CO)NC(=O)CCc1[c-]nn[nH]1.[Au+].[Au+].[B].[N-]=[N+]=[N-]. The summed E-state index contributed by atoms with van der Waals surface area (Å²) in [5, 5.41) is 31.7. The Morgan fingerprint density at radius 3 is 1.43 bits per heavy atom. The molecule has 1 aromatic heterocycles. The number of terminal acetylenes is 1. The number of nitrogens with one attached hydrogen (secondary N) is 3. The first-order chi connectivity index (χ1) is 25.4. The number of carbonyl (C=O) groups excluding carboxylic acids is 4. The van der Waals surface area contributed by atoms with E-state index in [2.05, 4.69) is 89.2 Å². The minimum Gasteiger partial charge on any atom is -0.467 e. The first kappa shape index (κ1) is 76.8. The molecule has 1 aliphatic rings. The van der Waals surface area contributed by atoms with Crippen LogP contribution in [0.4, 0.5) is 0 Å². The van der Waals surface area contributed by atoms with Gasteiger partial charge in [-0.05, 0) is 56.2 Å². The van der Waals surface area contributed by atoms with Crippen molar-refractivity contribution in [2.24, 2.45) is 0 Å². The second-order valence-electron chi connectivity index (χ2n) is 10.4. The standard InChI is InChI=1S/C9H13N4O4.C9H13NO4.2C6H15P.C4H8O.2CH4.2Au.B.N3/c1-17-9(16)7(5-14)11-8(15)3-2-6-4-10-13-12-6;1-3-4-5-8(12)10-7(6-11)9(13)14-2;2*1-4-7(5-2)6-3;1-2-4-5-3-1;;;;;;1-3-2/h7,14H,2-3,5H2,1H3,(H,11,15)(H,10,12,13);1,7,11H,4-6H2,2H3,(H,10,12);2*4-6H2,1-3H3;1-4H2;2*1H4;;;;/q-1;;;;;;;2*+1;;-1/t2*7-;;;;;;;;;/m11........./s1. The van der Waals surface area contributed by atoms with E-state index in [0.717, 1.165) is 13.2 Å². The second kappa shape index (κ2) is 59.5. The number of aromatic amines is 1. The molecule has 0 bridgehead atoms. The normalized spacial score (nSPS) is 10.9. The van der Waals surface area contributed by atoms with E-state index in [1.807, 2.05) is 0 Å². The Labute approximate surface area is 385 Å². The van der Waals surface area contributed by atoms with Crippen molar-refractivity contribution in [3.8, 4) is 12.3 Å². The largest absolute Gasteiger partial charge is 1.00 e. The van der Waals surface area contributed by atoms with Gasteiger partial charge in [-0.2, -0.15) is 0 Å². The molecule has 0 unspecified atom stereocenters. The Balaban J connectivity index is -0.0000000753. The van der Waals surface area contributed by atoms with Gasteiger partial charge in [0.15, 0.2) is 12.1 Å². The number of nitrogens with zero attached hydrogens (tertiary/aromatic N) is 5. The number of H-pyrrole nitrogens is 1. The van der Waals surface area contributed by atoms with Gasteiger partial charge in [-0.15, -0.1) is 39.1 Å². The molecule has 5 N–H and O–H groups in total. The maximum atomic E-state index is 11.4. The molecular formula is C36H72Au2BN8O9P2. The van der Waals surface area contributed by atoms with Crippen molar-refractivity contribution in [1.82, 2.24) is 26.0 Å². The third-order valence-electron chi connectivity index (χ3n) is 7.04. The number of hydrogen-bond donors (Lipinski definition) is 5. The number of aryl methyl sites for hydroxylation is 1. The summed E-state index contributed by atoms with van der Waals surface area (Å²) in [6.07, 6.45) is 19.5. The van der Waals surface area contributed by atoms with E-state index in [1.54, 1.807) is 0 Å². The van der Waals surface area contributed by atoms with Crippen LogP contribution in [0.25, 0.3) is 16.0 Å². The van der Waals surface area contributed by atoms with Crippen molar-refractivity contribution in [2.75, 3.05) is 77.6 Å². The zero-order valence-corrected chi connectivity index (χ0v) is 40.2. The number of ether oxygens (including phenoxy) is 3.